The molecule has 0 saturated heterocycles. The Bertz CT molecular complexity index is 1200. The van der Waals surface area contributed by atoms with Crippen molar-refractivity contribution in [3.63, 3.8) is 0 Å². The van der Waals surface area contributed by atoms with Crippen LogP contribution >= 0.6 is 8.58 Å². The highest BCUT2D eigenvalue weighted by atomic mass is 31.1. The molecule has 2 nitrogen and oxygen atoms in total. The zero-order valence-electron chi connectivity index (χ0n) is 19.9. The van der Waals surface area contributed by atoms with Gasteiger partial charge in [0.25, 0.3) is 0 Å². The van der Waals surface area contributed by atoms with Gasteiger partial charge in [0.05, 0.1) is 0 Å². The summed E-state index contributed by atoms with van der Waals surface area (Å²) < 4.78 is 0. The van der Waals surface area contributed by atoms with Gasteiger partial charge in [0, 0.05) is 17.1 Å². The summed E-state index contributed by atoms with van der Waals surface area (Å²) in [7, 11) is 0.421. The molecule has 0 aliphatic rings. The van der Waals surface area contributed by atoms with Crippen molar-refractivity contribution < 1.29 is 10.2 Å². The highest BCUT2D eigenvalue weighted by molar-refractivity contribution is 7.48. The number of rotatable bonds is 9. The van der Waals surface area contributed by atoms with Crippen molar-refractivity contribution in [3.05, 3.63) is 131 Å². The van der Waals surface area contributed by atoms with E-state index >= 15 is 0 Å². The Labute approximate surface area is 205 Å². The molecule has 2 N–H and O–H groups in total. The fourth-order valence-electron chi connectivity index (χ4n) is 4.73. The SMILES string of the molecule is CCC(CC)(Pc1ccccc1C(O)c1ccccc1)c1cccc(Cc2ccccc2)c1O. The highest BCUT2D eigenvalue weighted by Crippen LogP contribution is 2.51. The largest absolute Gasteiger partial charge is 0.507 e. The highest BCUT2D eigenvalue weighted by Gasteiger charge is 2.33. The Morgan fingerprint density at radius 2 is 1.35 bits per heavy atom. The maximum Gasteiger partial charge on any atom is 0.123 e. The van der Waals surface area contributed by atoms with E-state index in [9.17, 15) is 10.2 Å². The molecule has 174 valence electrons. The lowest BCUT2D eigenvalue weighted by atomic mass is 9.89. The Hall–Kier alpha value is -2.93. The first-order chi connectivity index (χ1) is 16.6. The van der Waals surface area contributed by atoms with Crippen LogP contribution in [-0.4, -0.2) is 10.2 Å². The summed E-state index contributed by atoms with van der Waals surface area (Å²) in [4.78, 5) is 0. The third-order valence-corrected chi connectivity index (χ3v) is 9.00. The van der Waals surface area contributed by atoms with Crippen molar-refractivity contribution in [1.82, 2.24) is 0 Å². The first-order valence-electron chi connectivity index (χ1n) is 12.0. The topological polar surface area (TPSA) is 40.5 Å². The number of hydrogen-bond donors (Lipinski definition) is 2. The van der Waals surface area contributed by atoms with Crippen molar-refractivity contribution >= 4 is 13.9 Å². The molecule has 0 amide bonds. The molecule has 4 aromatic carbocycles. The molecular weight excluding hydrogens is 435 g/mol. The van der Waals surface area contributed by atoms with Crippen molar-refractivity contribution in [2.24, 2.45) is 0 Å². The van der Waals surface area contributed by atoms with Gasteiger partial charge < -0.3 is 10.2 Å². The van der Waals surface area contributed by atoms with Crippen LogP contribution in [0.3, 0.4) is 0 Å². The summed E-state index contributed by atoms with van der Waals surface area (Å²) in [5.74, 6) is 0.406. The molecule has 0 saturated carbocycles. The molecule has 3 heteroatoms. The quantitative estimate of drug-likeness (QED) is 0.258. The van der Waals surface area contributed by atoms with Crippen molar-refractivity contribution in [3.8, 4) is 5.75 Å². The van der Waals surface area contributed by atoms with Gasteiger partial charge in [0.2, 0.25) is 0 Å². The van der Waals surface area contributed by atoms with Crippen molar-refractivity contribution in [1.29, 1.82) is 0 Å². The second kappa shape index (κ2) is 11.0. The molecule has 0 aliphatic heterocycles. The van der Waals surface area contributed by atoms with Gasteiger partial charge in [-0.15, -0.1) is 0 Å². The van der Waals surface area contributed by atoms with E-state index in [1.807, 2.05) is 72.8 Å². The Kier molecular flexibility index (Phi) is 7.83. The second-order valence-corrected chi connectivity index (χ2v) is 10.5. The van der Waals surface area contributed by atoms with Gasteiger partial charge in [0.1, 0.15) is 11.9 Å². The minimum absolute atomic E-state index is 0.205. The van der Waals surface area contributed by atoms with Crippen LogP contribution in [0.4, 0.5) is 0 Å². The molecule has 34 heavy (non-hydrogen) atoms. The number of para-hydroxylation sites is 1. The summed E-state index contributed by atoms with van der Waals surface area (Å²) in [5.41, 5.74) is 4.99. The molecule has 0 aromatic heterocycles. The standard InChI is InChI=1S/C31H33O2P/c1-3-31(4-2,27-20-13-18-25(30(27)33)22-23-14-7-5-8-15-23)34-28-21-12-11-19-26(28)29(32)24-16-9-6-10-17-24/h5-21,29,32-34H,3-4,22H2,1-2H3. The van der Waals surface area contributed by atoms with Crippen LogP contribution in [0.2, 0.25) is 0 Å². The Morgan fingerprint density at radius 1 is 0.735 bits per heavy atom. The first kappa shape index (κ1) is 24.2. The lowest BCUT2D eigenvalue weighted by Crippen LogP contribution is -2.24. The van der Waals surface area contributed by atoms with Gasteiger partial charge >= 0.3 is 0 Å². The molecule has 0 bridgehead atoms. The van der Waals surface area contributed by atoms with Crippen LogP contribution in [-0.2, 0) is 11.6 Å². The number of aliphatic hydroxyl groups is 1. The molecular formula is C31H33O2P. The predicted molar refractivity (Wildman–Crippen MR) is 145 cm³/mol. The molecule has 2 unspecified atom stereocenters. The van der Waals surface area contributed by atoms with E-state index in [4.69, 9.17) is 0 Å². The van der Waals surface area contributed by atoms with Gasteiger partial charge in [-0.05, 0) is 40.4 Å². The molecule has 0 heterocycles. The molecule has 0 spiro atoms. The fourth-order valence-corrected chi connectivity index (χ4v) is 6.48. The smallest absolute Gasteiger partial charge is 0.123 e. The first-order valence-corrected chi connectivity index (χ1v) is 13.0. The minimum atomic E-state index is -0.672. The van der Waals surface area contributed by atoms with E-state index < -0.39 is 6.10 Å². The van der Waals surface area contributed by atoms with Crippen LogP contribution in [0.25, 0.3) is 0 Å². The lowest BCUT2D eigenvalue weighted by Gasteiger charge is -2.35. The van der Waals surface area contributed by atoms with E-state index in [-0.39, 0.29) is 5.16 Å². The van der Waals surface area contributed by atoms with E-state index in [1.165, 1.54) is 5.56 Å². The number of aromatic hydroxyl groups is 1. The fraction of sp³-hybridized carbons (Fsp3) is 0.226. The number of phenols is 1. The molecule has 0 radical (unpaired) electrons. The second-order valence-electron chi connectivity index (χ2n) is 8.79. The zero-order chi connectivity index (χ0) is 24.0. The summed E-state index contributed by atoms with van der Waals surface area (Å²) in [6.07, 6.45) is 1.84. The third kappa shape index (κ3) is 5.09. The summed E-state index contributed by atoms with van der Waals surface area (Å²) in [6.45, 7) is 4.41. The average molecular weight is 469 g/mol. The monoisotopic (exact) mass is 468 g/mol. The maximum absolute atomic E-state index is 11.4. The van der Waals surface area contributed by atoms with Crippen LogP contribution in [0.1, 0.15) is 60.6 Å². The van der Waals surface area contributed by atoms with Crippen molar-refractivity contribution in [2.45, 2.75) is 44.4 Å². The van der Waals surface area contributed by atoms with Crippen LogP contribution < -0.4 is 5.30 Å². The van der Waals surface area contributed by atoms with Crippen LogP contribution in [0.15, 0.2) is 103 Å². The molecule has 2 atom stereocenters. The molecule has 4 rings (SSSR count). The lowest BCUT2D eigenvalue weighted by molar-refractivity contribution is 0.221. The van der Waals surface area contributed by atoms with Gasteiger partial charge in [-0.3, -0.25) is 0 Å². The molecule has 0 fully saturated rings. The number of benzene rings is 4. The van der Waals surface area contributed by atoms with Gasteiger partial charge in [-0.1, -0.05) is 126 Å². The minimum Gasteiger partial charge on any atom is -0.507 e. The summed E-state index contributed by atoms with van der Waals surface area (Å²) in [5, 5.41) is 23.6. The third-order valence-electron chi connectivity index (χ3n) is 6.82. The van der Waals surface area contributed by atoms with E-state index in [1.54, 1.807) is 0 Å². The number of phenolic OH excluding ortho intramolecular Hbond substituents is 1. The molecule has 4 aromatic rings. The van der Waals surface area contributed by atoms with E-state index in [0.717, 1.165) is 40.4 Å². The van der Waals surface area contributed by atoms with Crippen LogP contribution in [0.5, 0.6) is 5.75 Å². The van der Waals surface area contributed by atoms with Crippen molar-refractivity contribution in [2.75, 3.05) is 0 Å². The summed E-state index contributed by atoms with van der Waals surface area (Å²) in [6, 6.07) is 34.5. The Balaban J connectivity index is 1.72. The Morgan fingerprint density at radius 3 is 2.03 bits per heavy atom. The van der Waals surface area contributed by atoms with Gasteiger partial charge in [0.15, 0.2) is 0 Å². The van der Waals surface area contributed by atoms with Gasteiger partial charge in [-0.25, -0.2) is 0 Å². The van der Waals surface area contributed by atoms with Crippen LogP contribution in [0, 0.1) is 0 Å². The number of hydrogen-bond acceptors (Lipinski definition) is 2. The van der Waals surface area contributed by atoms with E-state index in [2.05, 4.69) is 44.2 Å². The normalized spacial score (nSPS) is 12.8. The average Bonchev–Trinajstić information content (AvgIpc) is 2.90. The van der Waals surface area contributed by atoms with Gasteiger partial charge in [-0.2, -0.15) is 0 Å². The zero-order valence-corrected chi connectivity index (χ0v) is 20.9. The maximum atomic E-state index is 11.4. The summed E-state index contributed by atoms with van der Waals surface area (Å²) >= 11 is 0. The molecule has 0 aliphatic carbocycles. The predicted octanol–water partition coefficient (Wildman–Crippen LogP) is 7.08. The van der Waals surface area contributed by atoms with E-state index in [0.29, 0.717) is 20.8 Å². The number of aliphatic hydroxyl groups excluding tert-OH is 1.